The number of nitrogens with zero attached hydrogens (tertiary/aromatic N) is 1. The van der Waals surface area contributed by atoms with Gasteiger partial charge in [-0.3, -0.25) is 14.4 Å². The number of anilines is 1. The molecular formula is C16H20N2O4. The fraction of sp³-hybridized carbons (Fsp3) is 0.438. The van der Waals surface area contributed by atoms with Crippen LogP contribution in [0.15, 0.2) is 24.3 Å². The van der Waals surface area contributed by atoms with Gasteiger partial charge in [-0.15, -0.1) is 0 Å². The molecule has 6 heteroatoms. The van der Waals surface area contributed by atoms with Gasteiger partial charge in [-0.2, -0.15) is 0 Å². The first-order valence-corrected chi connectivity index (χ1v) is 7.34. The number of carbonyl (C=O) groups excluding carboxylic acids is 2. The Kier molecular flexibility index (Phi) is 5.14. The third-order valence-corrected chi connectivity index (χ3v) is 3.71. The van der Waals surface area contributed by atoms with Crippen molar-refractivity contribution in [2.24, 2.45) is 5.92 Å². The third kappa shape index (κ3) is 4.07. The van der Waals surface area contributed by atoms with Crippen LogP contribution < -0.4 is 10.2 Å². The van der Waals surface area contributed by atoms with E-state index in [2.05, 4.69) is 5.32 Å². The zero-order chi connectivity index (χ0) is 16.1. The second-order valence-electron chi connectivity index (χ2n) is 5.53. The second kappa shape index (κ2) is 7.06. The van der Waals surface area contributed by atoms with Gasteiger partial charge >= 0.3 is 5.97 Å². The smallest absolute Gasteiger partial charge is 0.303 e. The summed E-state index contributed by atoms with van der Waals surface area (Å²) in [5.41, 5.74) is 1.92. The minimum Gasteiger partial charge on any atom is -0.481 e. The number of amides is 2. The molecule has 1 unspecified atom stereocenters. The van der Waals surface area contributed by atoms with Gasteiger partial charge in [0.25, 0.3) is 0 Å². The van der Waals surface area contributed by atoms with Crippen molar-refractivity contribution in [2.75, 3.05) is 18.0 Å². The number of carbonyl (C=O) groups is 3. The van der Waals surface area contributed by atoms with E-state index >= 15 is 0 Å². The van der Waals surface area contributed by atoms with Crippen LogP contribution >= 0.6 is 0 Å². The molecule has 6 nitrogen and oxygen atoms in total. The summed E-state index contributed by atoms with van der Waals surface area (Å²) in [6, 6.07) is 7.62. The average molecular weight is 304 g/mol. The molecule has 2 rings (SSSR count). The van der Waals surface area contributed by atoms with Crippen molar-refractivity contribution in [1.82, 2.24) is 5.32 Å². The minimum absolute atomic E-state index is 0.0272. The van der Waals surface area contributed by atoms with Crippen LogP contribution in [0.4, 0.5) is 5.69 Å². The van der Waals surface area contributed by atoms with Crippen LogP contribution in [0, 0.1) is 12.8 Å². The molecule has 1 saturated heterocycles. The number of hydrogen-bond donors (Lipinski definition) is 2. The van der Waals surface area contributed by atoms with E-state index in [1.54, 1.807) is 4.90 Å². The number of hydrogen-bond acceptors (Lipinski definition) is 3. The summed E-state index contributed by atoms with van der Waals surface area (Å²) in [5.74, 6) is -1.50. The van der Waals surface area contributed by atoms with Crippen molar-refractivity contribution < 1.29 is 19.5 Å². The number of carboxylic acids is 1. The highest BCUT2D eigenvalue weighted by Crippen LogP contribution is 2.25. The molecule has 0 spiro atoms. The molecule has 22 heavy (non-hydrogen) atoms. The maximum absolute atomic E-state index is 12.1. The molecule has 1 atom stereocenters. The van der Waals surface area contributed by atoms with Gasteiger partial charge in [0.15, 0.2) is 0 Å². The zero-order valence-electron chi connectivity index (χ0n) is 12.5. The maximum Gasteiger partial charge on any atom is 0.303 e. The second-order valence-corrected chi connectivity index (χ2v) is 5.53. The minimum atomic E-state index is -0.879. The summed E-state index contributed by atoms with van der Waals surface area (Å²) >= 11 is 0. The lowest BCUT2D eigenvalue weighted by Crippen LogP contribution is -2.33. The number of aliphatic carboxylic acids is 1. The Labute approximate surface area is 129 Å². The Morgan fingerprint density at radius 1 is 1.32 bits per heavy atom. The van der Waals surface area contributed by atoms with Gasteiger partial charge in [0.1, 0.15) is 0 Å². The molecule has 1 fully saturated rings. The zero-order valence-corrected chi connectivity index (χ0v) is 12.5. The Morgan fingerprint density at radius 2 is 2.00 bits per heavy atom. The van der Waals surface area contributed by atoms with Crippen molar-refractivity contribution >= 4 is 23.5 Å². The number of carboxylic acid groups (broad SMARTS) is 1. The Morgan fingerprint density at radius 3 is 2.64 bits per heavy atom. The first-order valence-electron chi connectivity index (χ1n) is 7.34. The Bertz CT molecular complexity index is 568. The molecule has 2 N–H and O–H groups in total. The fourth-order valence-electron chi connectivity index (χ4n) is 2.45. The van der Waals surface area contributed by atoms with E-state index in [0.717, 1.165) is 11.3 Å². The van der Waals surface area contributed by atoms with E-state index < -0.39 is 5.97 Å². The van der Waals surface area contributed by atoms with Crippen LogP contribution in [-0.4, -0.2) is 36.0 Å². The highest BCUT2D eigenvalue weighted by atomic mass is 16.4. The largest absolute Gasteiger partial charge is 0.481 e. The molecular weight excluding hydrogens is 284 g/mol. The van der Waals surface area contributed by atoms with E-state index in [1.165, 1.54) is 0 Å². The molecule has 0 bridgehead atoms. The maximum atomic E-state index is 12.1. The van der Waals surface area contributed by atoms with Gasteiger partial charge in [-0.05, 0) is 25.5 Å². The van der Waals surface area contributed by atoms with E-state index in [9.17, 15) is 14.4 Å². The van der Waals surface area contributed by atoms with E-state index in [4.69, 9.17) is 5.11 Å². The highest BCUT2D eigenvalue weighted by molar-refractivity contribution is 6.00. The van der Waals surface area contributed by atoms with Crippen molar-refractivity contribution in [2.45, 2.75) is 26.2 Å². The van der Waals surface area contributed by atoms with Gasteiger partial charge < -0.3 is 15.3 Å². The van der Waals surface area contributed by atoms with Gasteiger partial charge in [0, 0.05) is 31.6 Å². The predicted octanol–water partition coefficient (Wildman–Crippen LogP) is 1.33. The molecule has 0 saturated carbocycles. The summed E-state index contributed by atoms with van der Waals surface area (Å²) in [7, 11) is 0. The van der Waals surface area contributed by atoms with E-state index in [1.807, 2.05) is 31.2 Å². The molecule has 0 aliphatic carbocycles. The first kappa shape index (κ1) is 16.0. The summed E-state index contributed by atoms with van der Waals surface area (Å²) < 4.78 is 0. The standard InChI is InChI=1S/C16H20N2O4/c1-11-4-6-13(7-5-11)18-10-12(9-14(18)19)16(22)17-8-2-3-15(20)21/h4-7,12H,2-3,8-10H2,1H3,(H,17,22)(H,20,21). The van der Waals surface area contributed by atoms with Crippen LogP contribution in [0.5, 0.6) is 0 Å². The van der Waals surface area contributed by atoms with Crippen molar-refractivity contribution in [3.63, 3.8) is 0 Å². The molecule has 0 aromatic heterocycles. The molecule has 1 aliphatic heterocycles. The third-order valence-electron chi connectivity index (χ3n) is 3.71. The van der Waals surface area contributed by atoms with E-state index in [0.29, 0.717) is 19.5 Å². The number of benzene rings is 1. The highest BCUT2D eigenvalue weighted by Gasteiger charge is 2.34. The molecule has 118 valence electrons. The number of rotatable bonds is 6. The summed E-state index contributed by atoms with van der Waals surface area (Å²) in [4.78, 5) is 36.1. The van der Waals surface area contributed by atoms with Crippen LogP contribution in [0.2, 0.25) is 0 Å². The fourth-order valence-corrected chi connectivity index (χ4v) is 2.45. The normalized spacial score (nSPS) is 17.6. The average Bonchev–Trinajstić information content (AvgIpc) is 2.86. The molecule has 2 amide bonds. The van der Waals surface area contributed by atoms with Crippen molar-refractivity contribution in [1.29, 1.82) is 0 Å². The molecule has 1 aromatic carbocycles. The molecule has 1 aromatic rings. The van der Waals surface area contributed by atoms with E-state index in [-0.39, 0.29) is 30.6 Å². The SMILES string of the molecule is Cc1ccc(N2CC(C(=O)NCCCC(=O)O)CC2=O)cc1. The lowest BCUT2D eigenvalue weighted by atomic mass is 10.1. The monoisotopic (exact) mass is 304 g/mol. The summed E-state index contributed by atoms with van der Waals surface area (Å²) in [5, 5.41) is 11.2. The van der Waals surface area contributed by atoms with Gasteiger partial charge in [-0.25, -0.2) is 0 Å². The Hall–Kier alpha value is -2.37. The summed E-state index contributed by atoms with van der Waals surface area (Å²) in [6.45, 7) is 2.66. The van der Waals surface area contributed by atoms with Crippen molar-refractivity contribution in [3.8, 4) is 0 Å². The molecule has 0 radical (unpaired) electrons. The number of nitrogens with one attached hydrogen (secondary N) is 1. The number of aryl methyl sites for hydroxylation is 1. The quantitative estimate of drug-likeness (QED) is 0.776. The van der Waals surface area contributed by atoms with Crippen LogP contribution in [0.1, 0.15) is 24.8 Å². The van der Waals surface area contributed by atoms with Gasteiger partial charge in [0.05, 0.1) is 5.92 Å². The van der Waals surface area contributed by atoms with Gasteiger partial charge in [0.2, 0.25) is 11.8 Å². The Balaban J connectivity index is 1.87. The van der Waals surface area contributed by atoms with Crippen LogP contribution in [-0.2, 0) is 14.4 Å². The van der Waals surface area contributed by atoms with Crippen LogP contribution in [0.3, 0.4) is 0 Å². The predicted molar refractivity (Wildman–Crippen MR) is 81.5 cm³/mol. The topological polar surface area (TPSA) is 86.7 Å². The lowest BCUT2D eigenvalue weighted by Gasteiger charge is -2.17. The van der Waals surface area contributed by atoms with Crippen LogP contribution in [0.25, 0.3) is 0 Å². The molecule has 1 heterocycles. The lowest BCUT2D eigenvalue weighted by molar-refractivity contribution is -0.137. The first-order chi connectivity index (χ1) is 10.5. The van der Waals surface area contributed by atoms with Crippen molar-refractivity contribution in [3.05, 3.63) is 29.8 Å². The summed E-state index contributed by atoms with van der Waals surface area (Å²) in [6.07, 6.45) is 0.613. The molecule has 1 aliphatic rings. The van der Waals surface area contributed by atoms with Gasteiger partial charge in [-0.1, -0.05) is 17.7 Å².